The highest BCUT2D eigenvalue weighted by Gasteiger charge is 2.30. The van der Waals surface area contributed by atoms with E-state index in [0.717, 1.165) is 12.1 Å². The molecule has 1 heterocycles. The van der Waals surface area contributed by atoms with Crippen LogP contribution in [0.3, 0.4) is 0 Å². The van der Waals surface area contributed by atoms with Crippen molar-refractivity contribution in [2.75, 3.05) is 0 Å². The quantitative estimate of drug-likeness (QED) is 0.944. The van der Waals surface area contributed by atoms with Crippen LogP contribution < -0.4 is 5.73 Å². The molecule has 0 aliphatic rings. The van der Waals surface area contributed by atoms with Crippen molar-refractivity contribution < 1.29 is 13.2 Å². The molecule has 0 amide bonds. The molecule has 104 valence electrons. The minimum atomic E-state index is -4.33. The third kappa shape index (κ3) is 3.93. The third-order valence-corrected chi connectivity index (χ3v) is 2.39. The summed E-state index contributed by atoms with van der Waals surface area (Å²) in [6.07, 6.45) is -2.72. The predicted octanol–water partition coefficient (Wildman–Crippen LogP) is 2.23. The Hall–Kier alpha value is -1.60. The summed E-state index contributed by atoms with van der Waals surface area (Å²) in [4.78, 5) is 0. The molecule has 0 bridgehead atoms. The van der Waals surface area contributed by atoms with Crippen LogP contribution in [0.15, 0.2) is 30.5 Å². The summed E-state index contributed by atoms with van der Waals surface area (Å²) in [6, 6.07) is 5.12. The van der Waals surface area contributed by atoms with Gasteiger partial charge in [-0.1, -0.05) is 17.3 Å². The van der Waals surface area contributed by atoms with Gasteiger partial charge in [0.25, 0.3) is 0 Å². The monoisotopic (exact) mass is 292 g/mol. The van der Waals surface area contributed by atoms with Gasteiger partial charge in [0.1, 0.15) is 0 Å². The van der Waals surface area contributed by atoms with Gasteiger partial charge in [-0.05, 0) is 17.7 Å². The molecule has 0 aliphatic carbocycles. The van der Waals surface area contributed by atoms with Crippen LogP contribution in [-0.2, 0) is 19.3 Å². The van der Waals surface area contributed by atoms with Crippen LogP contribution in [-0.4, -0.2) is 15.0 Å². The van der Waals surface area contributed by atoms with Crippen molar-refractivity contribution in [1.82, 2.24) is 15.0 Å². The zero-order chi connectivity index (χ0) is 13.2. The summed E-state index contributed by atoms with van der Waals surface area (Å²) in [5.41, 5.74) is 5.82. The molecule has 19 heavy (non-hydrogen) atoms. The van der Waals surface area contributed by atoms with Gasteiger partial charge in [0.15, 0.2) is 0 Å². The van der Waals surface area contributed by atoms with Crippen LogP contribution in [0, 0.1) is 0 Å². The van der Waals surface area contributed by atoms with Crippen molar-refractivity contribution in [3.8, 4) is 0 Å². The van der Waals surface area contributed by atoms with Crippen LogP contribution in [0.1, 0.15) is 16.8 Å². The lowest BCUT2D eigenvalue weighted by molar-refractivity contribution is -0.137. The molecule has 4 nitrogen and oxygen atoms in total. The molecule has 0 aliphatic heterocycles. The van der Waals surface area contributed by atoms with E-state index < -0.39 is 11.7 Å². The largest absolute Gasteiger partial charge is 0.416 e. The molecule has 2 rings (SSSR count). The Bertz CT molecular complexity index is 539. The van der Waals surface area contributed by atoms with Crippen molar-refractivity contribution in [2.24, 2.45) is 5.73 Å². The maximum absolute atomic E-state index is 12.5. The molecule has 8 heteroatoms. The van der Waals surface area contributed by atoms with Crippen molar-refractivity contribution in [2.45, 2.75) is 19.3 Å². The van der Waals surface area contributed by atoms with Crippen LogP contribution in [0.2, 0.25) is 0 Å². The number of nitrogens with two attached hydrogens (primary N) is 1. The van der Waals surface area contributed by atoms with E-state index in [2.05, 4.69) is 10.3 Å². The lowest BCUT2D eigenvalue weighted by Gasteiger charge is -2.08. The molecule has 0 spiro atoms. The van der Waals surface area contributed by atoms with E-state index >= 15 is 0 Å². The van der Waals surface area contributed by atoms with Crippen molar-refractivity contribution in [3.63, 3.8) is 0 Å². The number of halogens is 4. The highest BCUT2D eigenvalue weighted by Crippen LogP contribution is 2.29. The molecule has 0 fully saturated rings. The second-order valence-electron chi connectivity index (χ2n) is 3.81. The van der Waals surface area contributed by atoms with Gasteiger partial charge in [0.05, 0.1) is 24.0 Å². The molecular weight excluding hydrogens is 281 g/mol. The summed E-state index contributed by atoms with van der Waals surface area (Å²) in [5.74, 6) is 0. The van der Waals surface area contributed by atoms with Crippen LogP contribution in [0.25, 0.3) is 0 Å². The Labute approximate surface area is 113 Å². The minimum Gasteiger partial charge on any atom is -0.325 e. The van der Waals surface area contributed by atoms with E-state index in [1.54, 1.807) is 12.3 Å². The molecule has 0 saturated heterocycles. The predicted molar refractivity (Wildman–Crippen MR) is 65.7 cm³/mol. The number of alkyl halides is 3. The van der Waals surface area contributed by atoms with Gasteiger partial charge < -0.3 is 5.73 Å². The normalized spacial score (nSPS) is 11.2. The van der Waals surface area contributed by atoms with Gasteiger partial charge in [-0.25, -0.2) is 4.68 Å². The van der Waals surface area contributed by atoms with E-state index in [1.807, 2.05) is 0 Å². The fourth-order valence-electron chi connectivity index (χ4n) is 1.54. The second kappa shape index (κ2) is 6.03. The van der Waals surface area contributed by atoms with Crippen LogP contribution in [0.5, 0.6) is 0 Å². The van der Waals surface area contributed by atoms with E-state index in [-0.39, 0.29) is 25.5 Å². The van der Waals surface area contributed by atoms with E-state index in [1.165, 1.54) is 10.7 Å². The Morgan fingerprint density at radius 3 is 2.58 bits per heavy atom. The Morgan fingerprint density at radius 1 is 1.26 bits per heavy atom. The molecule has 0 saturated carbocycles. The number of benzene rings is 1. The first-order valence-electron chi connectivity index (χ1n) is 5.24. The van der Waals surface area contributed by atoms with E-state index in [9.17, 15) is 13.2 Å². The number of aromatic nitrogens is 3. The molecule has 0 radical (unpaired) electrons. The number of hydrogen-bond donors (Lipinski definition) is 1. The second-order valence-corrected chi connectivity index (χ2v) is 3.81. The summed E-state index contributed by atoms with van der Waals surface area (Å²) in [6.45, 7) is 0.486. The lowest BCUT2D eigenvalue weighted by atomic mass is 10.1. The maximum atomic E-state index is 12.5. The average molecular weight is 293 g/mol. The van der Waals surface area contributed by atoms with Crippen molar-refractivity contribution in [3.05, 3.63) is 47.3 Å². The van der Waals surface area contributed by atoms with Gasteiger partial charge in [-0.15, -0.1) is 17.5 Å². The fraction of sp³-hybridized carbons (Fsp3) is 0.273. The highest BCUT2D eigenvalue weighted by molar-refractivity contribution is 5.85. The first-order chi connectivity index (χ1) is 8.49. The van der Waals surface area contributed by atoms with E-state index in [0.29, 0.717) is 11.3 Å². The average Bonchev–Trinajstić information content (AvgIpc) is 2.76. The van der Waals surface area contributed by atoms with E-state index in [4.69, 9.17) is 5.73 Å². The smallest absolute Gasteiger partial charge is 0.325 e. The Morgan fingerprint density at radius 2 is 2.00 bits per heavy atom. The molecular formula is C11H12ClF3N4. The first kappa shape index (κ1) is 15.5. The number of hydrogen-bond acceptors (Lipinski definition) is 3. The zero-order valence-corrected chi connectivity index (χ0v) is 10.6. The molecule has 1 aromatic carbocycles. The zero-order valence-electron chi connectivity index (χ0n) is 9.76. The van der Waals surface area contributed by atoms with Crippen LogP contribution >= 0.6 is 12.4 Å². The molecule has 1 aromatic heterocycles. The van der Waals surface area contributed by atoms with Gasteiger partial charge in [0.2, 0.25) is 0 Å². The topological polar surface area (TPSA) is 56.7 Å². The Kier molecular flexibility index (Phi) is 4.90. The number of nitrogens with zero attached hydrogens (tertiary/aromatic N) is 3. The minimum absolute atomic E-state index is 0. The van der Waals surface area contributed by atoms with Gasteiger partial charge in [-0.3, -0.25) is 0 Å². The summed E-state index contributed by atoms with van der Waals surface area (Å²) >= 11 is 0. The van der Waals surface area contributed by atoms with Gasteiger partial charge in [-0.2, -0.15) is 13.2 Å². The molecule has 2 aromatic rings. The van der Waals surface area contributed by atoms with Crippen molar-refractivity contribution in [1.29, 1.82) is 0 Å². The van der Waals surface area contributed by atoms with Crippen molar-refractivity contribution >= 4 is 12.4 Å². The SMILES string of the molecule is Cl.NCc1cn(Cc2cccc(C(F)(F)F)c2)nn1. The summed E-state index contributed by atoms with van der Waals surface area (Å²) in [5, 5.41) is 7.55. The Balaban J connectivity index is 0.00000180. The summed E-state index contributed by atoms with van der Waals surface area (Å²) < 4.78 is 39.0. The first-order valence-corrected chi connectivity index (χ1v) is 5.24. The standard InChI is InChI=1S/C11H11F3N4.ClH/c12-11(13,14)9-3-1-2-8(4-9)6-18-7-10(5-15)16-17-18;/h1-4,7H,5-6,15H2;1H. The fourth-order valence-corrected chi connectivity index (χ4v) is 1.54. The van der Waals surface area contributed by atoms with Crippen LogP contribution in [0.4, 0.5) is 13.2 Å². The third-order valence-electron chi connectivity index (χ3n) is 2.39. The van der Waals surface area contributed by atoms with Gasteiger partial charge in [0, 0.05) is 6.54 Å². The van der Waals surface area contributed by atoms with Gasteiger partial charge >= 0.3 is 6.18 Å². The number of rotatable bonds is 3. The highest BCUT2D eigenvalue weighted by atomic mass is 35.5. The lowest BCUT2D eigenvalue weighted by Crippen LogP contribution is -2.07. The molecule has 0 atom stereocenters. The summed E-state index contributed by atoms with van der Waals surface area (Å²) in [7, 11) is 0. The molecule has 0 unspecified atom stereocenters. The maximum Gasteiger partial charge on any atom is 0.416 e. The molecule has 2 N–H and O–H groups in total.